The number of aromatic amines is 1. The van der Waals surface area contributed by atoms with Crippen molar-refractivity contribution in [2.24, 2.45) is 0 Å². The summed E-state index contributed by atoms with van der Waals surface area (Å²) in [6.45, 7) is 1.94. The summed E-state index contributed by atoms with van der Waals surface area (Å²) < 4.78 is 1.85. The van der Waals surface area contributed by atoms with Gasteiger partial charge in [0.2, 0.25) is 0 Å². The lowest BCUT2D eigenvalue weighted by molar-refractivity contribution is 0.447. The normalized spacial score (nSPS) is 11.0. The third kappa shape index (κ3) is 2.59. The van der Waals surface area contributed by atoms with Crippen molar-refractivity contribution in [2.45, 2.75) is 13.3 Å². The summed E-state index contributed by atoms with van der Waals surface area (Å²) in [6, 6.07) is 12.8. The van der Waals surface area contributed by atoms with Gasteiger partial charge in [0.25, 0.3) is 0 Å². The highest BCUT2D eigenvalue weighted by Gasteiger charge is 2.19. The zero-order chi connectivity index (χ0) is 18.1. The van der Waals surface area contributed by atoms with Gasteiger partial charge in [-0.25, -0.2) is 0 Å². The molecule has 7 heteroatoms. The molecule has 0 spiro atoms. The van der Waals surface area contributed by atoms with Crippen LogP contribution in [0.4, 0.5) is 0 Å². The smallest absolute Gasteiger partial charge is 0.172 e. The number of hydrogen-bond donors (Lipinski definition) is 3. The van der Waals surface area contributed by atoms with Gasteiger partial charge >= 0.3 is 0 Å². The first-order valence-corrected chi connectivity index (χ1v) is 8.23. The van der Waals surface area contributed by atoms with E-state index in [9.17, 15) is 10.2 Å². The van der Waals surface area contributed by atoms with E-state index in [0.717, 1.165) is 11.3 Å². The lowest BCUT2D eigenvalue weighted by atomic mass is 10.0. The quantitative estimate of drug-likeness (QED) is 0.526. The van der Waals surface area contributed by atoms with Crippen molar-refractivity contribution < 1.29 is 10.2 Å². The van der Waals surface area contributed by atoms with E-state index in [1.807, 2.05) is 41.8 Å². The summed E-state index contributed by atoms with van der Waals surface area (Å²) in [6.07, 6.45) is 3.93. The lowest BCUT2D eigenvalue weighted by Gasteiger charge is -2.10. The van der Waals surface area contributed by atoms with Gasteiger partial charge in [-0.15, -0.1) is 10.2 Å². The van der Waals surface area contributed by atoms with Crippen molar-refractivity contribution in [2.75, 3.05) is 0 Å². The molecule has 0 saturated heterocycles. The lowest BCUT2D eigenvalue weighted by Crippen LogP contribution is -1.96. The van der Waals surface area contributed by atoms with Crippen LogP contribution >= 0.6 is 0 Å². The number of benzene rings is 2. The van der Waals surface area contributed by atoms with Crippen LogP contribution in [0, 0.1) is 0 Å². The van der Waals surface area contributed by atoms with Crippen LogP contribution in [0.5, 0.6) is 11.5 Å². The molecule has 7 nitrogen and oxygen atoms in total. The Labute approximate surface area is 149 Å². The molecular formula is C19H17N5O2. The van der Waals surface area contributed by atoms with Gasteiger partial charge in [0.15, 0.2) is 5.82 Å². The Morgan fingerprint density at radius 1 is 1.04 bits per heavy atom. The highest BCUT2D eigenvalue weighted by Crippen LogP contribution is 2.38. The Kier molecular flexibility index (Phi) is 3.89. The van der Waals surface area contributed by atoms with Crippen molar-refractivity contribution >= 4 is 0 Å². The van der Waals surface area contributed by atoms with Crippen LogP contribution in [0.25, 0.3) is 28.3 Å². The predicted octanol–water partition coefficient (Wildman–Crippen LogP) is 3.30. The molecule has 0 fully saturated rings. The molecule has 0 bridgehead atoms. The monoisotopic (exact) mass is 347 g/mol. The zero-order valence-corrected chi connectivity index (χ0v) is 14.1. The number of aromatic nitrogens is 5. The number of rotatable bonds is 4. The molecule has 130 valence electrons. The topological polar surface area (TPSA) is 99.9 Å². The zero-order valence-electron chi connectivity index (χ0n) is 14.1. The van der Waals surface area contributed by atoms with Gasteiger partial charge in [-0.05, 0) is 30.2 Å². The molecule has 2 aromatic carbocycles. The number of H-pyrrole nitrogens is 1. The van der Waals surface area contributed by atoms with Crippen LogP contribution < -0.4 is 0 Å². The molecule has 0 atom stereocenters. The highest BCUT2D eigenvalue weighted by molar-refractivity contribution is 5.81. The molecule has 0 aliphatic rings. The molecule has 2 aromatic heterocycles. The maximum Gasteiger partial charge on any atom is 0.172 e. The van der Waals surface area contributed by atoms with E-state index >= 15 is 0 Å². The van der Waals surface area contributed by atoms with Gasteiger partial charge in [0.1, 0.15) is 17.8 Å². The van der Waals surface area contributed by atoms with Crippen LogP contribution in [0.1, 0.15) is 12.5 Å². The standard InChI is InChI=1S/C19H17N5O2/c1-2-12-8-14(17(26)9-16(12)25)18-15(10-20-22-18)19-23-21-11-24(19)13-6-4-3-5-7-13/h3-11,25-26H,2H2,1H3,(H,20,22). The molecule has 0 amide bonds. The van der Waals surface area contributed by atoms with E-state index < -0.39 is 0 Å². The Hall–Kier alpha value is -3.61. The van der Waals surface area contributed by atoms with E-state index in [1.54, 1.807) is 18.6 Å². The Morgan fingerprint density at radius 3 is 2.62 bits per heavy atom. The minimum atomic E-state index is -0.0315. The first-order chi connectivity index (χ1) is 12.7. The van der Waals surface area contributed by atoms with E-state index in [1.165, 1.54) is 6.07 Å². The van der Waals surface area contributed by atoms with Crippen molar-refractivity contribution in [1.82, 2.24) is 25.0 Å². The summed E-state index contributed by atoms with van der Waals surface area (Å²) in [4.78, 5) is 0. The first kappa shape index (κ1) is 15.9. The predicted molar refractivity (Wildman–Crippen MR) is 97.1 cm³/mol. The summed E-state index contributed by atoms with van der Waals surface area (Å²) in [7, 11) is 0. The summed E-state index contributed by atoms with van der Waals surface area (Å²) >= 11 is 0. The van der Waals surface area contributed by atoms with Gasteiger partial charge in [-0.2, -0.15) is 5.10 Å². The fourth-order valence-electron chi connectivity index (χ4n) is 2.96. The fourth-order valence-corrected chi connectivity index (χ4v) is 2.96. The maximum absolute atomic E-state index is 10.3. The van der Waals surface area contributed by atoms with Crippen molar-refractivity contribution in [3.05, 3.63) is 60.6 Å². The molecule has 3 N–H and O–H groups in total. The number of hydrogen-bond acceptors (Lipinski definition) is 5. The minimum Gasteiger partial charge on any atom is -0.508 e. The Bertz CT molecular complexity index is 1050. The van der Waals surface area contributed by atoms with Gasteiger partial charge in [0.05, 0.1) is 17.5 Å². The summed E-state index contributed by atoms with van der Waals surface area (Å²) in [5.41, 5.74) is 3.53. The van der Waals surface area contributed by atoms with Crippen LogP contribution in [0.15, 0.2) is 55.0 Å². The molecule has 4 aromatic rings. The Morgan fingerprint density at radius 2 is 1.85 bits per heavy atom. The van der Waals surface area contributed by atoms with Crippen LogP contribution in [-0.4, -0.2) is 35.2 Å². The molecule has 0 aliphatic carbocycles. The number of para-hydroxylation sites is 1. The molecule has 0 aliphatic heterocycles. The largest absolute Gasteiger partial charge is 0.508 e. The molecular weight excluding hydrogens is 330 g/mol. The van der Waals surface area contributed by atoms with E-state index in [-0.39, 0.29) is 11.5 Å². The van der Waals surface area contributed by atoms with E-state index in [0.29, 0.717) is 29.1 Å². The van der Waals surface area contributed by atoms with Gasteiger partial charge in [-0.3, -0.25) is 9.67 Å². The maximum atomic E-state index is 10.3. The number of phenols is 2. The SMILES string of the molecule is CCc1cc(-c2[nH]ncc2-c2nncn2-c2ccccc2)c(O)cc1O. The van der Waals surface area contributed by atoms with Crippen molar-refractivity contribution in [3.8, 4) is 39.8 Å². The fraction of sp³-hybridized carbons (Fsp3) is 0.105. The molecule has 0 radical (unpaired) electrons. The molecule has 26 heavy (non-hydrogen) atoms. The van der Waals surface area contributed by atoms with Gasteiger partial charge < -0.3 is 10.2 Å². The molecule has 2 heterocycles. The third-order valence-electron chi connectivity index (χ3n) is 4.31. The van der Waals surface area contributed by atoms with Gasteiger partial charge in [0, 0.05) is 17.3 Å². The van der Waals surface area contributed by atoms with Crippen LogP contribution in [0.2, 0.25) is 0 Å². The van der Waals surface area contributed by atoms with Crippen molar-refractivity contribution in [3.63, 3.8) is 0 Å². The Balaban J connectivity index is 1.87. The summed E-state index contributed by atoms with van der Waals surface area (Å²) in [5, 5.41) is 35.6. The second kappa shape index (κ2) is 6.36. The van der Waals surface area contributed by atoms with Crippen LogP contribution in [-0.2, 0) is 6.42 Å². The first-order valence-electron chi connectivity index (χ1n) is 8.23. The van der Waals surface area contributed by atoms with E-state index in [4.69, 9.17) is 0 Å². The van der Waals surface area contributed by atoms with Crippen LogP contribution in [0.3, 0.4) is 0 Å². The minimum absolute atomic E-state index is 0.0315. The molecule has 4 rings (SSSR count). The average molecular weight is 347 g/mol. The van der Waals surface area contributed by atoms with Crippen molar-refractivity contribution in [1.29, 1.82) is 0 Å². The second-order valence-electron chi connectivity index (χ2n) is 5.87. The molecule has 0 saturated carbocycles. The number of nitrogens with zero attached hydrogens (tertiary/aromatic N) is 4. The number of phenolic OH excluding ortho intramolecular Hbond substituents is 2. The molecule has 0 unspecified atom stereocenters. The summed E-state index contributed by atoms with van der Waals surface area (Å²) in [5.74, 6) is 0.642. The second-order valence-corrected chi connectivity index (χ2v) is 5.87. The highest BCUT2D eigenvalue weighted by atomic mass is 16.3. The van der Waals surface area contributed by atoms with Gasteiger partial charge in [-0.1, -0.05) is 25.1 Å². The third-order valence-corrected chi connectivity index (χ3v) is 4.31. The number of nitrogens with one attached hydrogen (secondary N) is 1. The average Bonchev–Trinajstić information content (AvgIpc) is 3.31. The number of aryl methyl sites for hydroxylation is 1. The number of aromatic hydroxyl groups is 2. The van der Waals surface area contributed by atoms with E-state index in [2.05, 4.69) is 20.4 Å².